The van der Waals surface area contributed by atoms with E-state index in [-0.39, 0.29) is 21.4 Å². The van der Waals surface area contributed by atoms with Gasteiger partial charge in [-0.3, -0.25) is 0 Å². The first-order valence-corrected chi connectivity index (χ1v) is 10.5. The van der Waals surface area contributed by atoms with Gasteiger partial charge in [-0.15, -0.1) is 25.3 Å². The lowest BCUT2D eigenvalue weighted by Gasteiger charge is -2.40. The number of aromatic nitrogens is 2. The van der Waals surface area contributed by atoms with Gasteiger partial charge in [-0.05, 0) is 17.6 Å². The Morgan fingerprint density at radius 1 is 0.647 bits per heavy atom. The highest BCUT2D eigenvalue weighted by molar-refractivity contribution is 7.83. The number of rotatable bonds is 9. The van der Waals surface area contributed by atoms with Crippen LogP contribution < -0.4 is 0 Å². The third-order valence-corrected chi connectivity index (χ3v) is 6.17. The Bertz CT molecular complexity index is 955. The van der Waals surface area contributed by atoms with E-state index in [1.807, 2.05) is 0 Å². The van der Waals surface area contributed by atoms with Crippen LogP contribution in [0.4, 0.5) is 52.7 Å². The van der Waals surface area contributed by atoms with E-state index in [1.165, 1.54) is 4.57 Å². The second-order valence-corrected chi connectivity index (χ2v) is 10.1. The van der Waals surface area contributed by atoms with Crippen LogP contribution in [0.5, 0.6) is 0 Å². The van der Waals surface area contributed by atoms with Crippen molar-refractivity contribution < 1.29 is 52.7 Å². The van der Waals surface area contributed by atoms with Gasteiger partial charge in [0, 0.05) is 26.4 Å². The SMILES string of the molecule is CC(C)(C)Cn1c(S)c(S)n(CCC(F)(F)C(F)(F)C(F)(F)C(F)(F)C(F)(F)C(C)(F)F)c1=S. The molecule has 0 saturated carbocycles. The van der Waals surface area contributed by atoms with Crippen molar-refractivity contribution in [3.63, 3.8) is 0 Å². The fourth-order valence-electron chi connectivity index (χ4n) is 2.70. The zero-order chi connectivity index (χ0) is 27.5. The third-order valence-electron chi connectivity index (χ3n) is 4.65. The van der Waals surface area contributed by atoms with Gasteiger partial charge in [-0.25, -0.2) is 0 Å². The maximum atomic E-state index is 14.1. The Morgan fingerprint density at radius 3 is 1.41 bits per heavy atom. The molecule has 17 heteroatoms. The van der Waals surface area contributed by atoms with E-state index >= 15 is 0 Å². The van der Waals surface area contributed by atoms with Crippen LogP contribution in [0.25, 0.3) is 0 Å². The Balaban J connectivity index is 3.39. The zero-order valence-electron chi connectivity index (χ0n) is 17.9. The Labute approximate surface area is 202 Å². The van der Waals surface area contributed by atoms with Crippen LogP contribution in [0.15, 0.2) is 10.1 Å². The van der Waals surface area contributed by atoms with Gasteiger partial charge in [0.1, 0.15) is 10.1 Å². The van der Waals surface area contributed by atoms with Gasteiger partial charge in [0.05, 0.1) is 0 Å². The Morgan fingerprint density at radius 2 is 1.03 bits per heavy atom. The molecule has 0 saturated heterocycles. The molecule has 0 aromatic carbocycles. The Hall–Kier alpha value is -0.710. The van der Waals surface area contributed by atoms with E-state index in [0.29, 0.717) is 4.57 Å². The zero-order valence-corrected chi connectivity index (χ0v) is 20.5. The van der Waals surface area contributed by atoms with Crippen molar-refractivity contribution in [1.29, 1.82) is 0 Å². The summed E-state index contributed by atoms with van der Waals surface area (Å²) in [6.07, 6.45) is -2.31. The van der Waals surface area contributed by atoms with E-state index in [9.17, 15) is 52.7 Å². The van der Waals surface area contributed by atoms with Gasteiger partial charge < -0.3 is 9.13 Å². The summed E-state index contributed by atoms with van der Waals surface area (Å²) < 4.78 is 165. The van der Waals surface area contributed by atoms with Crippen LogP contribution >= 0.6 is 37.5 Å². The molecule has 0 bridgehead atoms. The minimum absolute atomic E-state index is 0.0139. The fourth-order valence-corrected chi connectivity index (χ4v) is 3.77. The topological polar surface area (TPSA) is 9.86 Å². The monoisotopic (exact) mass is 576 g/mol. The minimum atomic E-state index is -7.58. The summed E-state index contributed by atoms with van der Waals surface area (Å²) >= 11 is 13.0. The number of halogens is 12. The molecular weight excluding hydrogens is 556 g/mol. The second-order valence-electron chi connectivity index (χ2n) is 8.87. The van der Waals surface area contributed by atoms with Gasteiger partial charge in [0.25, 0.3) is 0 Å². The van der Waals surface area contributed by atoms with Crippen molar-refractivity contribution in [3.05, 3.63) is 4.77 Å². The molecule has 1 rings (SSSR count). The Kier molecular flexibility index (Phi) is 8.28. The molecule has 0 aliphatic carbocycles. The minimum Gasteiger partial charge on any atom is -0.311 e. The summed E-state index contributed by atoms with van der Waals surface area (Å²) in [5.74, 6) is -41.4. The molecule has 0 amide bonds. The number of hydrogen-bond donors (Lipinski definition) is 2. The lowest BCUT2D eigenvalue weighted by Crippen LogP contribution is -2.70. The van der Waals surface area contributed by atoms with E-state index < -0.39 is 60.8 Å². The average Bonchev–Trinajstić information content (AvgIpc) is 2.80. The molecule has 1 heterocycles. The summed E-state index contributed by atoms with van der Waals surface area (Å²) in [5, 5.41) is -0.272. The molecule has 0 N–H and O–H groups in total. The molecule has 0 atom stereocenters. The van der Waals surface area contributed by atoms with Crippen molar-refractivity contribution in [1.82, 2.24) is 9.13 Å². The third kappa shape index (κ3) is 5.06. The van der Waals surface area contributed by atoms with Gasteiger partial charge in [0.15, 0.2) is 4.77 Å². The number of nitrogens with zero attached hydrogens (tertiary/aromatic N) is 2. The summed E-state index contributed by atoms with van der Waals surface area (Å²) in [5.41, 5.74) is -0.459. The molecule has 0 fully saturated rings. The average molecular weight is 577 g/mol. The summed E-state index contributed by atoms with van der Waals surface area (Å²) in [4.78, 5) is 0. The maximum absolute atomic E-state index is 14.1. The standard InChI is InChI=1S/C17H20F12N2S3/c1-11(2,3)7-31-9(33)8(32)30(10(31)34)6-5-13(20,21)15(24,25)17(28,29)16(26,27)14(22,23)12(4,18)19/h32-33H,5-7H2,1-4H3. The number of imidazole rings is 1. The normalized spacial score (nSPS) is 15.2. The molecule has 200 valence electrons. The predicted molar refractivity (Wildman–Crippen MR) is 107 cm³/mol. The molecule has 0 spiro atoms. The lowest BCUT2D eigenvalue weighted by molar-refractivity contribution is -0.423. The highest BCUT2D eigenvalue weighted by atomic mass is 32.1. The van der Waals surface area contributed by atoms with Crippen molar-refractivity contribution in [3.8, 4) is 0 Å². The molecule has 1 aromatic heterocycles. The summed E-state index contributed by atoms with van der Waals surface area (Å²) in [6, 6.07) is 0. The highest BCUT2D eigenvalue weighted by Gasteiger charge is 2.89. The first-order valence-electron chi connectivity index (χ1n) is 9.15. The number of alkyl halides is 12. The first-order chi connectivity index (χ1) is 14.7. The van der Waals surface area contributed by atoms with Crippen molar-refractivity contribution in [2.45, 2.75) is 92.8 Å². The number of thiol groups is 2. The van der Waals surface area contributed by atoms with Gasteiger partial charge >= 0.3 is 35.5 Å². The maximum Gasteiger partial charge on any atom is 0.384 e. The van der Waals surface area contributed by atoms with Gasteiger partial charge in [-0.2, -0.15) is 52.7 Å². The quantitative estimate of drug-likeness (QED) is 0.173. The highest BCUT2D eigenvalue weighted by Crippen LogP contribution is 2.60. The molecule has 0 radical (unpaired) electrons. The molecule has 0 aliphatic rings. The van der Waals surface area contributed by atoms with Crippen LogP contribution in [0.2, 0.25) is 0 Å². The second kappa shape index (κ2) is 8.99. The van der Waals surface area contributed by atoms with Crippen LogP contribution in [0.3, 0.4) is 0 Å². The lowest BCUT2D eigenvalue weighted by atomic mass is 9.91. The molecule has 2 nitrogen and oxygen atoms in total. The smallest absolute Gasteiger partial charge is 0.311 e. The molecular formula is C17H20F12N2S3. The molecule has 0 unspecified atom stereocenters. The van der Waals surface area contributed by atoms with Gasteiger partial charge in [-0.1, -0.05) is 20.8 Å². The molecule has 34 heavy (non-hydrogen) atoms. The van der Waals surface area contributed by atoms with Crippen LogP contribution in [0, 0.1) is 10.2 Å². The van der Waals surface area contributed by atoms with Crippen LogP contribution in [-0.4, -0.2) is 44.7 Å². The molecule has 1 aromatic rings. The van der Waals surface area contributed by atoms with E-state index in [2.05, 4.69) is 25.3 Å². The van der Waals surface area contributed by atoms with Crippen LogP contribution in [0.1, 0.15) is 34.1 Å². The fraction of sp³-hybridized carbons (Fsp3) is 0.824. The predicted octanol–water partition coefficient (Wildman–Crippen LogP) is 7.86. The largest absolute Gasteiger partial charge is 0.384 e. The van der Waals surface area contributed by atoms with Gasteiger partial charge in [0.2, 0.25) is 0 Å². The van der Waals surface area contributed by atoms with Crippen molar-refractivity contribution in [2.24, 2.45) is 5.41 Å². The van der Waals surface area contributed by atoms with Crippen molar-refractivity contribution in [2.75, 3.05) is 0 Å². The van der Waals surface area contributed by atoms with Crippen molar-refractivity contribution >= 4 is 37.5 Å². The van der Waals surface area contributed by atoms with Crippen LogP contribution in [-0.2, 0) is 13.1 Å². The first kappa shape index (κ1) is 31.3. The van der Waals surface area contributed by atoms with E-state index in [1.54, 1.807) is 20.8 Å². The number of hydrogen-bond acceptors (Lipinski definition) is 3. The summed E-state index contributed by atoms with van der Waals surface area (Å²) in [7, 11) is 0. The van der Waals surface area contributed by atoms with E-state index in [0.717, 1.165) is 0 Å². The molecule has 0 aliphatic heterocycles. The summed E-state index contributed by atoms with van der Waals surface area (Å²) in [6.45, 7) is 3.11. The van der Waals surface area contributed by atoms with E-state index in [4.69, 9.17) is 12.2 Å².